The number of benzene rings is 2. The fourth-order valence-electron chi connectivity index (χ4n) is 3.50. The number of fused-ring (bicyclic) bond motifs is 1. The number of aromatic nitrogens is 2. The Hall–Kier alpha value is -3.24. The van der Waals surface area contributed by atoms with Crippen molar-refractivity contribution in [2.75, 3.05) is 5.32 Å². The summed E-state index contributed by atoms with van der Waals surface area (Å²) in [6.07, 6.45) is -0.228. The lowest BCUT2D eigenvalue weighted by atomic mass is 9.92. The van der Waals surface area contributed by atoms with E-state index in [1.807, 2.05) is 38.3 Å². The summed E-state index contributed by atoms with van der Waals surface area (Å²) in [7, 11) is 0. The van der Waals surface area contributed by atoms with Gasteiger partial charge in [0.2, 0.25) is 11.9 Å². The molecule has 1 heterocycles. The maximum absolute atomic E-state index is 13.2. The molecule has 0 fully saturated rings. The smallest absolute Gasteiger partial charge is 0.229 e. The van der Waals surface area contributed by atoms with Crippen molar-refractivity contribution in [2.24, 2.45) is 0 Å². The quantitative estimate of drug-likeness (QED) is 0.672. The van der Waals surface area contributed by atoms with Gasteiger partial charge in [-0.05, 0) is 70.0 Å². The topological polar surface area (TPSA) is 90.9 Å². The summed E-state index contributed by atoms with van der Waals surface area (Å²) < 4.78 is 15.0. The van der Waals surface area contributed by atoms with Crippen LogP contribution in [0.2, 0.25) is 0 Å². The molecule has 0 aliphatic rings. The highest BCUT2D eigenvalue weighted by Crippen LogP contribution is 2.31. The van der Waals surface area contributed by atoms with Crippen LogP contribution >= 0.6 is 0 Å². The van der Waals surface area contributed by atoms with E-state index in [1.54, 1.807) is 6.07 Å². The molecule has 0 spiro atoms. The van der Waals surface area contributed by atoms with E-state index in [2.05, 4.69) is 16.4 Å². The Labute approximate surface area is 175 Å². The first-order valence-electron chi connectivity index (χ1n) is 9.64. The van der Waals surface area contributed by atoms with Crippen LogP contribution < -0.4 is 5.32 Å². The number of anilines is 1. The van der Waals surface area contributed by atoms with Crippen molar-refractivity contribution in [3.63, 3.8) is 0 Å². The molecule has 3 rings (SSSR count). The molecule has 0 aliphatic heterocycles. The summed E-state index contributed by atoms with van der Waals surface area (Å²) in [6, 6.07) is 11.2. The summed E-state index contributed by atoms with van der Waals surface area (Å²) in [4.78, 5) is 17.3. The minimum atomic E-state index is -1.47. The summed E-state index contributed by atoms with van der Waals surface area (Å²) in [5.41, 5.74) is 1.32. The third-order valence-corrected chi connectivity index (χ3v) is 5.01. The highest BCUT2D eigenvalue weighted by Gasteiger charge is 2.29. The van der Waals surface area contributed by atoms with Crippen molar-refractivity contribution in [1.29, 1.82) is 5.26 Å². The highest BCUT2D eigenvalue weighted by atomic mass is 19.1. The minimum absolute atomic E-state index is 0.228. The number of nitrogens with one attached hydrogen (secondary N) is 1. The molecule has 3 aromatic rings. The second-order valence-electron chi connectivity index (χ2n) is 8.71. The molecule has 2 aromatic carbocycles. The maximum atomic E-state index is 13.2. The van der Waals surface area contributed by atoms with Gasteiger partial charge in [-0.3, -0.25) is 10.1 Å². The van der Waals surface area contributed by atoms with Crippen LogP contribution in [-0.2, 0) is 15.9 Å². The monoisotopic (exact) mass is 408 g/mol. The number of carbonyl (C=O) groups is 1. The van der Waals surface area contributed by atoms with Crippen molar-refractivity contribution in [2.45, 2.75) is 52.2 Å². The number of aryl methyl sites for hydroxylation is 1. The molecule has 1 atom stereocenters. The SMILES string of the molecule is Cc1cc2nc(NC(=O)C[C@](C)(O)c3ccc(F)cc3)n(C(C)(C)C)c2cc1C#N. The molecule has 30 heavy (non-hydrogen) atoms. The lowest BCUT2D eigenvalue weighted by Crippen LogP contribution is -2.31. The Balaban J connectivity index is 1.95. The molecule has 0 saturated carbocycles. The summed E-state index contributed by atoms with van der Waals surface area (Å²) in [5, 5.41) is 22.9. The first-order valence-corrected chi connectivity index (χ1v) is 9.64. The van der Waals surface area contributed by atoms with Crippen molar-refractivity contribution in [3.8, 4) is 6.07 Å². The van der Waals surface area contributed by atoms with E-state index in [0.29, 0.717) is 22.6 Å². The van der Waals surface area contributed by atoms with Crippen LogP contribution in [0, 0.1) is 24.1 Å². The normalized spacial score (nSPS) is 13.7. The number of carbonyl (C=O) groups excluding carboxylic acids is 1. The van der Waals surface area contributed by atoms with Gasteiger partial charge in [0.15, 0.2) is 0 Å². The number of hydrogen-bond donors (Lipinski definition) is 2. The molecule has 1 aromatic heterocycles. The van der Waals surface area contributed by atoms with Gasteiger partial charge in [0.05, 0.1) is 34.7 Å². The number of imidazole rings is 1. The molecular weight excluding hydrogens is 383 g/mol. The predicted molar refractivity (Wildman–Crippen MR) is 113 cm³/mol. The summed E-state index contributed by atoms with van der Waals surface area (Å²) in [5.74, 6) is -0.501. The molecule has 0 bridgehead atoms. The number of halogens is 1. The molecule has 156 valence electrons. The third kappa shape index (κ3) is 4.19. The van der Waals surface area contributed by atoms with E-state index >= 15 is 0 Å². The van der Waals surface area contributed by atoms with E-state index in [-0.39, 0.29) is 6.42 Å². The average Bonchev–Trinajstić information content (AvgIpc) is 2.97. The predicted octanol–water partition coefficient (Wildman–Crippen LogP) is 4.35. The lowest BCUT2D eigenvalue weighted by molar-refractivity contribution is -0.120. The highest BCUT2D eigenvalue weighted by molar-refractivity contribution is 5.92. The van der Waals surface area contributed by atoms with Crippen LogP contribution in [0.3, 0.4) is 0 Å². The fraction of sp³-hybridized carbons (Fsp3) is 0.348. The Bertz CT molecular complexity index is 1150. The second kappa shape index (κ2) is 7.54. The number of nitrogens with zero attached hydrogens (tertiary/aromatic N) is 3. The van der Waals surface area contributed by atoms with Crippen LogP contribution in [0.1, 0.15) is 50.8 Å². The molecule has 7 heteroatoms. The van der Waals surface area contributed by atoms with Crippen LogP contribution in [0.4, 0.5) is 10.3 Å². The lowest BCUT2D eigenvalue weighted by Gasteiger charge is -2.26. The first-order chi connectivity index (χ1) is 13.9. The zero-order valence-electron chi connectivity index (χ0n) is 17.7. The molecule has 2 N–H and O–H groups in total. The van der Waals surface area contributed by atoms with Gasteiger partial charge in [-0.15, -0.1) is 0 Å². The molecule has 0 unspecified atom stereocenters. The number of nitriles is 1. The van der Waals surface area contributed by atoms with Gasteiger partial charge < -0.3 is 9.67 Å². The average molecular weight is 408 g/mol. The molecular formula is C23H25FN4O2. The molecule has 0 radical (unpaired) electrons. The third-order valence-electron chi connectivity index (χ3n) is 5.01. The van der Waals surface area contributed by atoms with Crippen LogP contribution in [0.5, 0.6) is 0 Å². The molecule has 0 aliphatic carbocycles. The largest absolute Gasteiger partial charge is 0.385 e. The number of rotatable bonds is 4. The van der Waals surface area contributed by atoms with E-state index in [4.69, 9.17) is 0 Å². The standard InChI is InChI=1S/C23H25FN4O2/c1-14-10-18-19(11-15(14)13-25)28(22(2,3)4)21(26-18)27-20(29)12-23(5,30)16-6-8-17(24)9-7-16/h6-11,30H,12H2,1-5H3,(H,26,27,29)/t23-/m0/s1. The fourth-order valence-corrected chi connectivity index (χ4v) is 3.50. The molecule has 0 saturated heterocycles. The van der Waals surface area contributed by atoms with Gasteiger partial charge in [0.1, 0.15) is 5.82 Å². The van der Waals surface area contributed by atoms with E-state index in [1.165, 1.54) is 31.2 Å². The van der Waals surface area contributed by atoms with Gasteiger partial charge in [-0.1, -0.05) is 12.1 Å². The summed E-state index contributed by atoms with van der Waals surface area (Å²) in [6.45, 7) is 9.28. The van der Waals surface area contributed by atoms with Gasteiger partial charge in [-0.25, -0.2) is 9.37 Å². The first kappa shape index (κ1) is 21.5. The van der Waals surface area contributed by atoms with Gasteiger partial charge >= 0.3 is 0 Å². The zero-order valence-corrected chi connectivity index (χ0v) is 17.7. The van der Waals surface area contributed by atoms with E-state index in [9.17, 15) is 19.6 Å². The minimum Gasteiger partial charge on any atom is -0.385 e. The number of amides is 1. The van der Waals surface area contributed by atoms with Crippen LogP contribution in [0.15, 0.2) is 36.4 Å². The Kier molecular flexibility index (Phi) is 5.40. The van der Waals surface area contributed by atoms with Gasteiger partial charge in [0.25, 0.3) is 0 Å². The Morgan fingerprint density at radius 3 is 2.43 bits per heavy atom. The van der Waals surface area contributed by atoms with Crippen molar-refractivity contribution in [1.82, 2.24) is 9.55 Å². The van der Waals surface area contributed by atoms with Gasteiger partial charge in [-0.2, -0.15) is 5.26 Å². The van der Waals surface area contributed by atoms with Crippen molar-refractivity contribution in [3.05, 3.63) is 58.9 Å². The van der Waals surface area contributed by atoms with E-state index < -0.39 is 22.9 Å². The maximum Gasteiger partial charge on any atom is 0.229 e. The molecule has 6 nitrogen and oxygen atoms in total. The molecule has 1 amide bonds. The summed E-state index contributed by atoms with van der Waals surface area (Å²) >= 11 is 0. The zero-order chi connectivity index (χ0) is 22.3. The van der Waals surface area contributed by atoms with Gasteiger partial charge in [0, 0.05) is 5.54 Å². The Morgan fingerprint density at radius 2 is 1.87 bits per heavy atom. The number of hydrogen-bond acceptors (Lipinski definition) is 4. The van der Waals surface area contributed by atoms with Crippen LogP contribution in [0.25, 0.3) is 11.0 Å². The van der Waals surface area contributed by atoms with Crippen molar-refractivity contribution >= 4 is 22.9 Å². The van der Waals surface area contributed by atoms with E-state index in [0.717, 1.165) is 11.1 Å². The Morgan fingerprint density at radius 1 is 1.23 bits per heavy atom. The second-order valence-corrected chi connectivity index (χ2v) is 8.71. The van der Waals surface area contributed by atoms with Crippen molar-refractivity contribution < 1.29 is 14.3 Å². The number of aliphatic hydroxyl groups is 1. The van der Waals surface area contributed by atoms with Crippen LogP contribution in [-0.4, -0.2) is 20.6 Å².